The minimum Gasteiger partial charge on any atom is -0.490 e. The fourth-order valence-electron chi connectivity index (χ4n) is 2.22. The predicted octanol–water partition coefficient (Wildman–Crippen LogP) is 4.42. The van der Waals surface area contributed by atoms with Gasteiger partial charge in [0, 0.05) is 17.8 Å². The zero-order chi connectivity index (χ0) is 20.0. The van der Waals surface area contributed by atoms with E-state index < -0.39 is 8.32 Å². The highest BCUT2D eigenvalue weighted by atomic mass is 127. The van der Waals surface area contributed by atoms with Crippen LogP contribution in [0.4, 0.5) is 11.8 Å². The van der Waals surface area contributed by atoms with Crippen molar-refractivity contribution in [3.63, 3.8) is 0 Å². The summed E-state index contributed by atoms with van der Waals surface area (Å²) < 4.78 is 12.7. The van der Waals surface area contributed by atoms with Crippen LogP contribution in [-0.2, 0) is 4.43 Å². The van der Waals surface area contributed by atoms with Crippen LogP contribution in [0, 0.1) is 3.57 Å². The lowest BCUT2D eigenvalue weighted by Crippen LogP contribution is -2.27. The third kappa shape index (κ3) is 7.15. The van der Waals surface area contributed by atoms with Crippen LogP contribution in [0.5, 0.6) is 11.5 Å². The normalized spacial score (nSPS) is 11.5. The summed E-state index contributed by atoms with van der Waals surface area (Å²) in [7, 11) is -1.52. The van der Waals surface area contributed by atoms with Crippen molar-refractivity contribution in [2.45, 2.75) is 39.4 Å². The zero-order valence-electron chi connectivity index (χ0n) is 16.4. The molecule has 1 heterocycles. The van der Waals surface area contributed by atoms with Gasteiger partial charge in [0.2, 0.25) is 0 Å². The first-order valence-corrected chi connectivity index (χ1v) is 13.3. The van der Waals surface area contributed by atoms with Crippen LogP contribution < -0.4 is 20.8 Å². The summed E-state index contributed by atoms with van der Waals surface area (Å²) in [5, 5.41) is 0. The van der Waals surface area contributed by atoms with Gasteiger partial charge in [-0.1, -0.05) is 13.8 Å². The number of hydrogen-bond donors (Lipinski definition) is 2. The second-order valence-electron chi connectivity index (χ2n) is 7.29. The van der Waals surface area contributed by atoms with Gasteiger partial charge in [-0.25, -0.2) is 4.98 Å². The van der Waals surface area contributed by atoms with Gasteiger partial charge in [0.1, 0.15) is 18.2 Å². The van der Waals surface area contributed by atoms with Gasteiger partial charge in [0.25, 0.3) is 5.95 Å². The molecule has 0 amide bonds. The van der Waals surface area contributed by atoms with Crippen LogP contribution in [0.1, 0.15) is 25.3 Å². The van der Waals surface area contributed by atoms with Crippen LogP contribution in [0.15, 0.2) is 24.4 Å². The molecular formula is C18H27IN4O3Si. The Morgan fingerprint density at radius 2 is 1.93 bits per heavy atom. The van der Waals surface area contributed by atoms with E-state index in [1.165, 1.54) is 0 Å². The molecule has 148 valence electrons. The lowest BCUT2D eigenvalue weighted by Gasteiger charge is -2.19. The first-order chi connectivity index (χ1) is 12.7. The van der Waals surface area contributed by atoms with Crippen molar-refractivity contribution >= 4 is 42.7 Å². The molecule has 27 heavy (non-hydrogen) atoms. The predicted molar refractivity (Wildman–Crippen MR) is 119 cm³/mol. The van der Waals surface area contributed by atoms with E-state index in [0.717, 1.165) is 14.9 Å². The van der Waals surface area contributed by atoms with Gasteiger partial charge in [0.15, 0.2) is 14.1 Å². The van der Waals surface area contributed by atoms with Gasteiger partial charge in [-0.3, -0.25) is 0 Å². The van der Waals surface area contributed by atoms with Gasteiger partial charge in [0.05, 0.1) is 10.2 Å². The van der Waals surface area contributed by atoms with Crippen molar-refractivity contribution in [2.75, 3.05) is 24.4 Å². The van der Waals surface area contributed by atoms with Gasteiger partial charge in [-0.05, 0) is 60.3 Å². The maximum Gasteiger partial charge on any atom is 0.258 e. The van der Waals surface area contributed by atoms with E-state index in [1.807, 2.05) is 12.1 Å². The Balaban J connectivity index is 2.08. The molecule has 0 radical (unpaired) electrons. The number of nitrogens with one attached hydrogen (secondary N) is 1. The van der Waals surface area contributed by atoms with Crippen molar-refractivity contribution < 1.29 is 14.0 Å². The number of halogens is 1. The highest BCUT2D eigenvalue weighted by Gasteiger charge is 2.16. The zero-order valence-corrected chi connectivity index (χ0v) is 19.5. The molecule has 0 aliphatic rings. The fourth-order valence-corrected chi connectivity index (χ4v) is 3.51. The van der Waals surface area contributed by atoms with Crippen molar-refractivity contribution in [1.82, 2.24) is 9.97 Å². The molecule has 0 aliphatic heterocycles. The average Bonchev–Trinajstić information content (AvgIpc) is 2.57. The Bertz CT molecular complexity index is 769. The molecule has 0 unspecified atom stereocenters. The van der Waals surface area contributed by atoms with Crippen LogP contribution in [0.2, 0.25) is 19.6 Å². The molecule has 3 N–H and O–H groups in total. The molecule has 0 spiro atoms. The maximum absolute atomic E-state index is 5.93. The number of nitrogens with two attached hydrogens (primary N) is 1. The summed E-state index contributed by atoms with van der Waals surface area (Å²) >= 11 is 2.24. The summed E-state index contributed by atoms with van der Waals surface area (Å²) in [4.78, 5) is 13.9. The van der Waals surface area contributed by atoms with Crippen LogP contribution in [0.3, 0.4) is 0 Å². The summed E-state index contributed by atoms with van der Waals surface area (Å²) in [5.74, 6) is 2.46. The standard InChI is InChI=1S/C18H27IN4O3Si/c1-12(2)13-10-16(24-8-9-25-27(3,4)5)14(19)11-15(13)26-23-18-21-7-6-17(20)22-18/h6-7,10-12H,8-9H2,1-5H3,(H3,20,21,22,23). The van der Waals surface area contributed by atoms with Crippen molar-refractivity contribution in [1.29, 1.82) is 0 Å². The molecule has 0 saturated heterocycles. The van der Waals surface area contributed by atoms with E-state index in [0.29, 0.717) is 30.7 Å². The molecule has 2 aromatic rings. The minimum absolute atomic E-state index is 0.251. The van der Waals surface area contributed by atoms with Crippen molar-refractivity contribution in [3.8, 4) is 11.5 Å². The second kappa shape index (κ2) is 9.56. The molecule has 1 aromatic carbocycles. The number of nitrogen functional groups attached to an aromatic ring is 1. The number of hydrogen-bond acceptors (Lipinski definition) is 7. The molecule has 2 rings (SSSR count). The first-order valence-electron chi connectivity index (χ1n) is 8.77. The van der Waals surface area contributed by atoms with Crippen molar-refractivity contribution in [3.05, 3.63) is 33.5 Å². The first kappa shape index (κ1) is 21.7. The molecular weight excluding hydrogens is 475 g/mol. The summed E-state index contributed by atoms with van der Waals surface area (Å²) in [6.07, 6.45) is 1.57. The molecule has 0 fully saturated rings. The molecule has 0 saturated carbocycles. The fraction of sp³-hybridized carbons (Fsp3) is 0.444. The average molecular weight is 502 g/mol. The number of nitrogens with zero attached hydrogens (tertiary/aromatic N) is 2. The molecule has 0 atom stereocenters. The Labute approximate surface area is 175 Å². The summed E-state index contributed by atoms with van der Waals surface area (Å²) in [6, 6.07) is 5.56. The third-order valence-corrected chi connectivity index (χ3v) is 5.40. The Hall–Kier alpha value is -1.59. The Morgan fingerprint density at radius 3 is 2.56 bits per heavy atom. The van der Waals surface area contributed by atoms with E-state index in [2.05, 4.69) is 71.5 Å². The molecule has 9 heteroatoms. The maximum atomic E-state index is 5.93. The van der Waals surface area contributed by atoms with E-state index in [4.69, 9.17) is 19.7 Å². The third-order valence-electron chi connectivity index (χ3n) is 3.49. The number of benzene rings is 1. The Morgan fingerprint density at radius 1 is 1.19 bits per heavy atom. The largest absolute Gasteiger partial charge is 0.490 e. The van der Waals surface area contributed by atoms with E-state index >= 15 is 0 Å². The van der Waals surface area contributed by atoms with Crippen LogP contribution in [-0.4, -0.2) is 31.5 Å². The molecule has 0 bridgehead atoms. The van der Waals surface area contributed by atoms with Crippen molar-refractivity contribution in [2.24, 2.45) is 0 Å². The smallest absolute Gasteiger partial charge is 0.258 e. The molecule has 7 nitrogen and oxygen atoms in total. The van der Waals surface area contributed by atoms with Gasteiger partial charge in [-0.15, -0.1) is 0 Å². The number of ether oxygens (including phenoxy) is 1. The van der Waals surface area contributed by atoms with Crippen LogP contribution >= 0.6 is 22.6 Å². The molecule has 0 aliphatic carbocycles. The topological polar surface area (TPSA) is 91.5 Å². The van der Waals surface area contributed by atoms with E-state index in [1.54, 1.807) is 12.3 Å². The van der Waals surface area contributed by atoms with Crippen LogP contribution in [0.25, 0.3) is 0 Å². The Kier molecular flexibility index (Phi) is 7.68. The van der Waals surface area contributed by atoms with E-state index in [-0.39, 0.29) is 5.92 Å². The number of rotatable bonds is 9. The van der Waals surface area contributed by atoms with Gasteiger partial charge in [-0.2, -0.15) is 10.5 Å². The molecule has 1 aromatic heterocycles. The summed E-state index contributed by atoms with van der Waals surface area (Å²) in [6.45, 7) is 11.8. The second-order valence-corrected chi connectivity index (χ2v) is 13.0. The lowest BCUT2D eigenvalue weighted by molar-refractivity contribution is 0.211. The minimum atomic E-state index is -1.52. The number of anilines is 2. The summed E-state index contributed by atoms with van der Waals surface area (Å²) in [5.41, 5.74) is 9.43. The highest BCUT2D eigenvalue weighted by molar-refractivity contribution is 14.1. The highest BCUT2D eigenvalue weighted by Crippen LogP contribution is 2.34. The van der Waals surface area contributed by atoms with Gasteiger partial charge >= 0.3 is 0 Å². The lowest BCUT2D eigenvalue weighted by atomic mass is 10.0. The van der Waals surface area contributed by atoms with Gasteiger partial charge < -0.3 is 19.7 Å². The quantitative estimate of drug-likeness (QED) is 0.227. The SMILES string of the molecule is CC(C)c1cc(OCCO[Si](C)(C)C)c(I)cc1ONc1nccc(N)n1. The van der Waals surface area contributed by atoms with E-state index in [9.17, 15) is 0 Å². The monoisotopic (exact) mass is 502 g/mol. The number of aromatic nitrogens is 2.